The Hall–Kier alpha value is -1.56. The number of rotatable bonds is 7. The molecule has 0 saturated heterocycles. The van der Waals surface area contributed by atoms with Gasteiger partial charge in [0.15, 0.2) is 6.04 Å². The highest BCUT2D eigenvalue weighted by atomic mass is 16.5. The van der Waals surface area contributed by atoms with Crippen molar-refractivity contribution in [2.75, 3.05) is 20.3 Å². The Labute approximate surface area is 101 Å². The second kappa shape index (κ2) is 7.67. The molecule has 0 saturated carbocycles. The fourth-order valence-corrected chi connectivity index (χ4v) is 1.24. The molecule has 0 bridgehead atoms. The summed E-state index contributed by atoms with van der Waals surface area (Å²) in [7, 11) is 1.38. The second-order valence-corrected chi connectivity index (χ2v) is 3.83. The van der Waals surface area contributed by atoms with Crippen LogP contribution in [0.2, 0.25) is 0 Å². The predicted octanol–water partition coefficient (Wildman–Crippen LogP) is 0.692. The number of carboxylic acid groups (broad SMARTS) is 1. The molecular formula is C11H20N2O4. The van der Waals surface area contributed by atoms with Gasteiger partial charge >= 0.3 is 12.0 Å². The molecule has 98 valence electrons. The molecule has 0 rings (SSSR count). The van der Waals surface area contributed by atoms with Crippen LogP contribution in [-0.2, 0) is 9.53 Å². The normalized spacial score (nSPS) is 12.0. The molecule has 0 aromatic heterocycles. The van der Waals surface area contributed by atoms with E-state index in [2.05, 4.69) is 11.9 Å². The zero-order chi connectivity index (χ0) is 13.4. The number of amides is 2. The minimum atomic E-state index is -1.12. The van der Waals surface area contributed by atoms with Crippen molar-refractivity contribution in [2.45, 2.75) is 25.9 Å². The number of urea groups is 1. The summed E-state index contributed by atoms with van der Waals surface area (Å²) in [6.45, 7) is 7.53. The van der Waals surface area contributed by atoms with Crippen LogP contribution in [0.3, 0.4) is 0 Å². The van der Waals surface area contributed by atoms with Crippen molar-refractivity contribution in [2.24, 2.45) is 0 Å². The first-order valence-corrected chi connectivity index (χ1v) is 5.33. The van der Waals surface area contributed by atoms with Crippen LogP contribution in [0.25, 0.3) is 0 Å². The Balaban J connectivity index is 4.55. The SMILES string of the molecule is C=CCN(C(=O)NC(COC)C(=O)O)C(C)C. The minimum Gasteiger partial charge on any atom is -0.480 e. The molecule has 2 amide bonds. The van der Waals surface area contributed by atoms with Gasteiger partial charge in [-0.2, -0.15) is 0 Å². The highest BCUT2D eigenvalue weighted by Crippen LogP contribution is 2.00. The zero-order valence-corrected chi connectivity index (χ0v) is 10.5. The van der Waals surface area contributed by atoms with E-state index in [0.29, 0.717) is 6.54 Å². The Morgan fingerprint density at radius 1 is 1.53 bits per heavy atom. The topological polar surface area (TPSA) is 78.9 Å². The summed E-state index contributed by atoms with van der Waals surface area (Å²) in [6.07, 6.45) is 1.59. The van der Waals surface area contributed by atoms with Gasteiger partial charge in [0.25, 0.3) is 0 Å². The van der Waals surface area contributed by atoms with E-state index >= 15 is 0 Å². The molecule has 0 fully saturated rings. The number of carbonyl (C=O) groups excluding carboxylic acids is 1. The summed E-state index contributed by atoms with van der Waals surface area (Å²) < 4.78 is 4.73. The van der Waals surface area contributed by atoms with Crippen LogP contribution in [0.1, 0.15) is 13.8 Å². The molecule has 1 atom stereocenters. The Kier molecular flexibility index (Phi) is 6.97. The van der Waals surface area contributed by atoms with Crippen molar-refractivity contribution >= 4 is 12.0 Å². The summed E-state index contributed by atoms with van der Waals surface area (Å²) in [6, 6.07) is -1.52. The average Bonchev–Trinajstić information content (AvgIpc) is 2.24. The van der Waals surface area contributed by atoms with Gasteiger partial charge in [-0.25, -0.2) is 9.59 Å². The van der Waals surface area contributed by atoms with E-state index in [1.807, 2.05) is 13.8 Å². The van der Waals surface area contributed by atoms with E-state index < -0.39 is 18.0 Å². The van der Waals surface area contributed by atoms with Crippen LogP contribution in [-0.4, -0.2) is 54.4 Å². The molecule has 0 radical (unpaired) electrons. The molecule has 0 aliphatic rings. The Morgan fingerprint density at radius 3 is 2.47 bits per heavy atom. The minimum absolute atomic E-state index is 0.0370. The van der Waals surface area contributed by atoms with E-state index in [9.17, 15) is 9.59 Å². The fraction of sp³-hybridized carbons (Fsp3) is 0.636. The molecule has 0 aliphatic heterocycles. The van der Waals surface area contributed by atoms with E-state index in [-0.39, 0.29) is 12.6 Å². The maximum absolute atomic E-state index is 11.8. The molecule has 0 spiro atoms. The zero-order valence-electron chi connectivity index (χ0n) is 10.5. The van der Waals surface area contributed by atoms with Crippen LogP contribution in [0.5, 0.6) is 0 Å². The first-order valence-electron chi connectivity index (χ1n) is 5.33. The summed E-state index contributed by atoms with van der Waals surface area (Å²) in [4.78, 5) is 24.1. The average molecular weight is 244 g/mol. The molecular weight excluding hydrogens is 224 g/mol. The first-order chi connectivity index (χ1) is 7.93. The third-order valence-corrected chi connectivity index (χ3v) is 2.14. The van der Waals surface area contributed by atoms with Gasteiger partial charge in [-0.1, -0.05) is 6.08 Å². The number of nitrogens with zero attached hydrogens (tertiary/aromatic N) is 1. The van der Waals surface area contributed by atoms with Crippen molar-refractivity contribution in [3.8, 4) is 0 Å². The van der Waals surface area contributed by atoms with Gasteiger partial charge in [0.2, 0.25) is 0 Å². The largest absolute Gasteiger partial charge is 0.480 e. The van der Waals surface area contributed by atoms with Gasteiger partial charge in [-0.05, 0) is 13.8 Å². The molecule has 0 aromatic rings. The third kappa shape index (κ3) is 5.35. The number of ether oxygens (including phenoxy) is 1. The highest BCUT2D eigenvalue weighted by molar-refractivity contribution is 5.82. The fourth-order valence-electron chi connectivity index (χ4n) is 1.24. The summed E-state index contributed by atoms with van der Waals surface area (Å²) >= 11 is 0. The molecule has 2 N–H and O–H groups in total. The number of methoxy groups -OCH3 is 1. The standard InChI is InChI=1S/C11H20N2O4/c1-5-6-13(8(2)3)11(16)12-9(7-17-4)10(14)15/h5,8-9H,1,6-7H2,2-4H3,(H,12,16)(H,14,15). The van der Waals surface area contributed by atoms with Crippen molar-refractivity contribution in [1.29, 1.82) is 0 Å². The molecule has 1 unspecified atom stereocenters. The van der Waals surface area contributed by atoms with Crippen LogP contribution < -0.4 is 5.32 Å². The smallest absolute Gasteiger partial charge is 0.328 e. The number of carboxylic acids is 1. The number of hydrogen-bond donors (Lipinski definition) is 2. The lowest BCUT2D eigenvalue weighted by Crippen LogP contribution is -2.51. The molecule has 17 heavy (non-hydrogen) atoms. The number of nitrogens with one attached hydrogen (secondary N) is 1. The van der Waals surface area contributed by atoms with E-state index in [0.717, 1.165) is 0 Å². The van der Waals surface area contributed by atoms with E-state index in [1.54, 1.807) is 6.08 Å². The monoisotopic (exact) mass is 244 g/mol. The third-order valence-electron chi connectivity index (χ3n) is 2.14. The molecule has 6 heteroatoms. The number of hydrogen-bond acceptors (Lipinski definition) is 3. The summed E-state index contributed by atoms with van der Waals surface area (Å²) in [5.41, 5.74) is 0. The van der Waals surface area contributed by atoms with Crippen molar-refractivity contribution < 1.29 is 19.4 Å². The van der Waals surface area contributed by atoms with E-state index in [1.165, 1.54) is 12.0 Å². The number of aliphatic carboxylic acids is 1. The van der Waals surface area contributed by atoms with Crippen molar-refractivity contribution in [3.63, 3.8) is 0 Å². The Morgan fingerprint density at radius 2 is 2.12 bits per heavy atom. The van der Waals surface area contributed by atoms with Gasteiger partial charge in [0, 0.05) is 19.7 Å². The van der Waals surface area contributed by atoms with Crippen LogP contribution in [0.4, 0.5) is 4.79 Å². The van der Waals surface area contributed by atoms with Gasteiger partial charge in [-0.3, -0.25) is 0 Å². The Bertz CT molecular complexity index is 279. The first kappa shape index (κ1) is 15.4. The van der Waals surface area contributed by atoms with Crippen molar-refractivity contribution in [3.05, 3.63) is 12.7 Å². The second-order valence-electron chi connectivity index (χ2n) is 3.83. The van der Waals surface area contributed by atoms with Gasteiger partial charge in [0.05, 0.1) is 6.61 Å². The lowest BCUT2D eigenvalue weighted by Gasteiger charge is -2.27. The maximum atomic E-state index is 11.8. The van der Waals surface area contributed by atoms with E-state index in [4.69, 9.17) is 9.84 Å². The van der Waals surface area contributed by atoms with Crippen LogP contribution in [0, 0.1) is 0 Å². The molecule has 6 nitrogen and oxygen atoms in total. The van der Waals surface area contributed by atoms with Gasteiger partial charge in [-0.15, -0.1) is 6.58 Å². The van der Waals surface area contributed by atoms with Gasteiger partial charge < -0.3 is 20.1 Å². The lowest BCUT2D eigenvalue weighted by molar-refractivity contribution is -0.140. The molecule has 0 aromatic carbocycles. The summed E-state index contributed by atoms with van der Waals surface area (Å²) in [5, 5.41) is 11.3. The lowest BCUT2D eigenvalue weighted by atomic mass is 10.3. The quantitative estimate of drug-likeness (QED) is 0.646. The predicted molar refractivity (Wildman–Crippen MR) is 63.9 cm³/mol. The van der Waals surface area contributed by atoms with Crippen LogP contribution >= 0.6 is 0 Å². The molecule has 0 heterocycles. The van der Waals surface area contributed by atoms with Crippen molar-refractivity contribution in [1.82, 2.24) is 10.2 Å². The summed E-state index contributed by atoms with van der Waals surface area (Å²) in [5.74, 6) is -1.12. The molecule has 0 aliphatic carbocycles. The van der Waals surface area contributed by atoms with Gasteiger partial charge in [0.1, 0.15) is 0 Å². The highest BCUT2D eigenvalue weighted by Gasteiger charge is 2.23. The number of carbonyl (C=O) groups is 2. The maximum Gasteiger partial charge on any atom is 0.328 e. The van der Waals surface area contributed by atoms with Crippen LogP contribution in [0.15, 0.2) is 12.7 Å².